The zero-order valence-corrected chi connectivity index (χ0v) is 13.4. The molecule has 0 saturated carbocycles. The van der Waals surface area contributed by atoms with Crippen LogP contribution < -0.4 is 10.1 Å². The summed E-state index contributed by atoms with van der Waals surface area (Å²) < 4.78 is 10.7. The summed E-state index contributed by atoms with van der Waals surface area (Å²) in [4.78, 5) is 10.8. The minimum atomic E-state index is -0.329. The maximum absolute atomic E-state index is 11.2. The highest BCUT2D eigenvalue weighted by Gasteiger charge is 2.14. The number of halogens is 2. The van der Waals surface area contributed by atoms with Crippen LogP contribution in [0, 0.1) is 0 Å². The molecule has 1 unspecified atom stereocenters. The molecule has 0 radical (unpaired) electrons. The normalized spacial score (nSPS) is 12.0. The Bertz CT molecular complexity index is 412. The largest absolute Gasteiger partial charge is 0.496 e. The van der Waals surface area contributed by atoms with Crippen LogP contribution in [0.3, 0.4) is 0 Å². The van der Waals surface area contributed by atoms with Crippen molar-refractivity contribution in [1.29, 1.82) is 0 Å². The molecule has 1 aromatic carbocycles. The molecular formula is C12H15Br2NO3. The highest BCUT2D eigenvalue weighted by Crippen LogP contribution is 2.25. The van der Waals surface area contributed by atoms with Gasteiger partial charge in [-0.05, 0) is 33.6 Å². The molecule has 0 amide bonds. The molecule has 0 fully saturated rings. The summed E-state index contributed by atoms with van der Waals surface area (Å²) in [7, 11) is 3.00. The van der Waals surface area contributed by atoms with Crippen LogP contribution >= 0.6 is 31.9 Å². The molecule has 0 aliphatic carbocycles. The van der Waals surface area contributed by atoms with Crippen LogP contribution in [0.25, 0.3) is 0 Å². The Morgan fingerprint density at radius 3 is 2.72 bits per heavy atom. The van der Waals surface area contributed by atoms with Crippen LogP contribution in [0.5, 0.6) is 5.75 Å². The lowest BCUT2D eigenvalue weighted by molar-refractivity contribution is -0.139. The maximum atomic E-state index is 11.2. The zero-order valence-electron chi connectivity index (χ0n) is 10.2. The average Bonchev–Trinajstić information content (AvgIpc) is 2.37. The predicted octanol–water partition coefficient (Wildman–Crippen LogP) is 2.48. The summed E-state index contributed by atoms with van der Waals surface area (Å²) in [6, 6.07) is 5.85. The SMILES string of the molecule is COC(=O)C(Br)CNCc1ccc(OC)c(Br)c1. The number of esters is 1. The number of carbonyl (C=O) groups is 1. The van der Waals surface area contributed by atoms with Crippen molar-refractivity contribution in [1.82, 2.24) is 5.32 Å². The highest BCUT2D eigenvalue weighted by atomic mass is 79.9. The zero-order chi connectivity index (χ0) is 13.5. The van der Waals surface area contributed by atoms with E-state index in [0.717, 1.165) is 15.8 Å². The van der Waals surface area contributed by atoms with Gasteiger partial charge in [-0.25, -0.2) is 0 Å². The lowest BCUT2D eigenvalue weighted by Gasteiger charge is -2.10. The van der Waals surface area contributed by atoms with Gasteiger partial charge in [-0.15, -0.1) is 0 Å². The molecule has 4 nitrogen and oxygen atoms in total. The third kappa shape index (κ3) is 4.59. The van der Waals surface area contributed by atoms with Crippen LogP contribution in [-0.4, -0.2) is 31.6 Å². The molecule has 100 valence electrons. The molecule has 0 aliphatic heterocycles. The van der Waals surface area contributed by atoms with Crippen molar-refractivity contribution >= 4 is 37.8 Å². The van der Waals surface area contributed by atoms with Crippen molar-refractivity contribution in [3.8, 4) is 5.75 Å². The van der Waals surface area contributed by atoms with Crippen LogP contribution in [0.1, 0.15) is 5.56 Å². The molecule has 0 heterocycles. The van der Waals surface area contributed by atoms with Crippen molar-refractivity contribution in [2.24, 2.45) is 0 Å². The van der Waals surface area contributed by atoms with Gasteiger partial charge in [0.25, 0.3) is 0 Å². The second-order valence-electron chi connectivity index (χ2n) is 3.59. The Kier molecular flexibility index (Phi) is 6.67. The molecular weight excluding hydrogens is 366 g/mol. The second-order valence-corrected chi connectivity index (χ2v) is 5.55. The Morgan fingerprint density at radius 1 is 1.44 bits per heavy atom. The third-order valence-corrected chi connectivity index (χ3v) is 3.64. The standard InChI is InChI=1S/C12H15Br2NO3/c1-17-11-4-3-8(5-9(11)13)6-15-7-10(14)12(16)18-2/h3-5,10,15H,6-7H2,1-2H3. The van der Waals surface area contributed by atoms with Gasteiger partial charge in [0.2, 0.25) is 0 Å². The van der Waals surface area contributed by atoms with Crippen molar-refractivity contribution < 1.29 is 14.3 Å². The van der Waals surface area contributed by atoms with Crippen LogP contribution in [0.2, 0.25) is 0 Å². The first-order valence-electron chi connectivity index (χ1n) is 5.33. The number of hydrogen-bond donors (Lipinski definition) is 1. The summed E-state index contributed by atoms with van der Waals surface area (Å²) in [5.74, 6) is 0.519. The quantitative estimate of drug-likeness (QED) is 0.608. The Labute approximate surface area is 123 Å². The van der Waals surface area contributed by atoms with Gasteiger partial charge in [-0.3, -0.25) is 4.79 Å². The molecule has 0 saturated heterocycles. The second kappa shape index (κ2) is 7.76. The maximum Gasteiger partial charge on any atom is 0.320 e. The van der Waals surface area contributed by atoms with Crippen LogP contribution in [0.15, 0.2) is 22.7 Å². The average molecular weight is 381 g/mol. The van der Waals surface area contributed by atoms with Gasteiger partial charge in [0.05, 0.1) is 18.7 Å². The van der Waals surface area contributed by atoms with Crippen LogP contribution in [0.4, 0.5) is 0 Å². The van der Waals surface area contributed by atoms with Gasteiger partial charge in [-0.1, -0.05) is 22.0 Å². The van der Waals surface area contributed by atoms with Crippen LogP contribution in [-0.2, 0) is 16.1 Å². The van der Waals surface area contributed by atoms with E-state index in [1.54, 1.807) is 7.11 Å². The smallest absolute Gasteiger partial charge is 0.320 e. The van der Waals surface area contributed by atoms with Gasteiger partial charge in [-0.2, -0.15) is 0 Å². The number of carbonyl (C=O) groups excluding carboxylic acids is 1. The number of hydrogen-bond acceptors (Lipinski definition) is 4. The number of benzene rings is 1. The molecule has 1 N–H and O–H groups in total. The molecule has 1 rings (SSSR count). The number of rotatable bonds is 6. The van der Waals surface area contributed by atoms with Gasteiger partial charge in [0.1, 0.15) is 10.6 Å². The van der Waals surface area contributed by atoms with E-state index in [0.29, 0.717) is 13.1 Å². The Balaban J connectivity index is 2.44. The van der Waals surface area contributed by atoms with Gasteiger partial charge in [0, 0.05) is 13.1 Å². The van der Waals surface area contributed by atoms with Crippen molar-refractivity contribution in [2.75, 3.05) is 20.8 Å². The Hall–Kier alpha value is -0.590. The molecule has 0 aliphatic rings. The molecule has 6 heteroatoms. The molecule has 0 spiro atoms. The fourth-order valence-corrected chi connectivity index (χ4v) is 2.38. The minimum absolute atomic E-state index is 0.279. The highest BCUT2D eigenvalue weighted by molar-refractivity contribution is 9.10. The van der Waals surface area contributed by atoms with E-state index < -0.39 is 0 Å². The van der Waals surface area contributed by atoms with E-state index in [2.05, 4.69) is 41.9 Å². The number of nitrogens with one attached hydrogen (secondary N) is 1. The van der Waals surface area contributed by atoms with E-state index in [1.165, 1.54) is 7.11 Å². The fourth-order valence-electron chi connectivity index (χ4n) is 1.37. The third-order valence-electron chi connectivity index (χ3n) is 2.33. The summed E-state index contributed by atoms with van der Waals surface area (Å²) in [6.07, 6.45) is 0. The molecule has 0 aromatic heterocycles. The first-order valence-corrected chi connectivity index (χ1v) is 7.04. The predicted molar refractivity (Wildman–Crippen MR) is 77.1 cm³/mol. The summed E-state index contributed by atoms with van der Waals surface area (Å²) >= 11 is 6.67. The van der Waals surface area contributed by atoms with E-state index in [9.17, 15) is 4.79 Å². The van der Waals surface area contributed by atoms with E-state index in [4.69, 9.17) is 4.74 Å². The topological polar surface area (TPSA) is 47.6 Å². The monoisotopic (exact) mass is 379 g/mol. The molecule has 1 aromatic rings. The van der Waals surface area contributed by atoms with Gasteiger partial charge in [0.15, 0.2) is 0 Å². The minimum Gasteiger partial charge on any atom is -0.496 e. The first-order chi connectivity index (χ1) is 8.58. The van der Waals surface area contributed by atoms with E-state index in [-0.39, 0.29) is 10.8 Å². The van der Waals surface area contributed by atoms with E-state index in [1.807, 2.05) is 18.2 Å². The van der Waals surface area contributed by atoms with E-state index >= 15 is 0 Å². The van der Waals surface area contributed by atoms with Gasteiger partial charge < -0.3 is 14.8 Å². The van der Waals surface area contributed by atoms with Gasteiger partial charge >= 0.3 is 5.97 Å². The molecule has 18 heavy (non-hydrogen) atoms. The summed E-state index contributed by atoms with van der Waals surface area (Å²) in [6.45, 7) is 1.18. The van der Waals surface area contributed by atoms with Crippen molar-refractivity contribution in [2.45, 2.75) is 11.4 Å². The molecule has 1 atom stereocenters. The number of alkyl halides is 1. The Morgan fingerprint density at radius 2 is 2.17 bits per heavy atom. The summed E-state index contributed by atoms with van der Waals surface area (Å²) in [5, 5.41) is 3.17. The number of methoxy groups -OCH3 is 2. The molecule has 0 bridgehead atoms. The first kappa shape index (κ1) is 15.5. The fraction of sp³-hybridized carbons (Fsp3) is 0.417. The van der Waals surface area contributed by atoms with Crippen molar-refractivity contribution in [3.63, 3.8) is 0 Å². The number of ether oxygens (including phenoxy) is 2. The van der Waals surface area contributed by atoms with Crippen molar-refractivity contribution in [3.05, 3.63) is 28.2 Å². The lowest BCUT2D eigenvalue weighted by atomic mass is 10.2. The lowest BCUT2D eigenvalue weighted by Crippen LogP contribution is -2.29. The summed E-state index contributed by atoms with van der Waals surface area (Å²) in [5.41, 5.74) is 1.10.